The number of benzene rings is 1. The summed E-state index contributed by atoms with van der Waals surface area (Å²) in [5.41, 5.74) is 0.696. The molecule has 2 aromatic rings. The fourth-order valence-corrected chi connectivity index (χ4v) is 3.61. The van der Waals surface area contributed by atoms with Gasteiger partial charge in [-0.3, -0.25) is 0 Å². The molecule has 4 heteroatoms. The number of halogens is 2. The predicted octanol–water partition coefficient (Wildman–Crippen LogP) is 5.70. The second-order valence-electron chi connectivity index (χ2n) is 5.29. The van der Waals surface area contributed by atoms with Gasteiger partial charge in [0.2, 0.25) is 0 Å². The molecule has 0 aliphatic carbocycles. The molecule has 0 amide bonds. The molecule has 20 heavy (non-hydrogen) atoms. The Morgan fingerprint density at radius 3 is 2.55 bits per heavy atom. The molecule has 0 aliphatic rings. The van der Waals surface area contributed by atoms with E-state index in [1.165, 1.54) is 10.9 Å². The molecule has 1 aromatic carbocycles. The van der Waals surface area contributed by atoms with E-state index >= 15 is 0 Å². The summed E-state index contributed by atoms with van der Waals surface area (Å²) < 4.78 is 14.9. The van der Waals surface area contributed by atoms with Crippen molar-refractivity contribution in [2.75, 3.05) is 0 Å². The molecule has 0 saturated carbocycles. The van der Waals surface area contributed by atoms with Crippen LogP contribution in [0, 0.1) is 11.7 Å². The van der Waals surface area contributed by atoms with Crippen LogP contribution in [0.4, 0.5) is 4.39 Å². The minimum atomic E-state index is -0.165. The summed E-state index contributed by atoms with van der Waals surface area (Å²) >= 11 is 5.14. The Bertz CT molecular complexity index is 554. The summed E-state index contributed by atoms with van der Waals surface area (Å²) in [6, 6.07) is 9.47. The first kappa shape index (κ1) is 15.7. The first-order valence-corrected chi connectivity index (χ1v) is 8.40. The molecule has 2 atom stereocenters. The third-order valence-electron chi connectivity index (χ3n) is 3.37. The number of nitrogens with one attached hydrogen (secondary N) is 1. The van der Waals surface area contributed by atoms with E-state index < -0.39 is 0 Å². The monoisotopic (exact) mass is 355 g/mol. The quantitative estimate of drug-likeness (QED) is 0.725. The van der Waals surface area contributed by atoms with Crippen LogP contribution in [-0.4, -0.2) is 0 Å². The highest BCUT2D eigenvalue weighted by Crippen LogP contribution is 2.30. The second-order valence-corrected chi connectivity index (χ2v) is 7.19. The Morgan fingerprint density at radius 2 is 1.95 bits per heavy atom. The van der Waals surface area contributed by atoms with E-state index in [1.807, 2.05) is 13.0 Å². The molecule has 0 radical (unpaired) electrons. The second kappa shape index (κ2) is 6.83. The minimum absolute atomic E-state index is 0.0398. The van der Waals surface area contributed by atoms with Crippen molar-refractivity contribution >= 4 is 27.3 Å². The van der Waals surface area contributed by atoms with Crippen molar-refractivity contribution in [1.82, 2.24) is 5.32 Å². The fourth-order valence-electron chi connectivity index (χ4n) is 2.28. The summed E-state index contributed by atoms with van der Waals surface area (Å²) in [6.07, 6.45) is 0. The van der Waals surface area contributed by atoms with Crippen LogP contribution < -0.4 is 5.32 Å². The molecule has 0 saturated heterocycles. The largest absolute Gasteiger partial charge is 0.302 e. The summed E-state index contributed by atoms with van der Waals surface area (Å²) in [7, 11) is 0. The van der Waals surface area contributed by atoms with Crippen molar-refractivity contribution in [3.05, 3.63) is 56.4 Å². The zero-order valence-electron chi connectivity index (χ0n) is 11.9. The van der Waals surface area contributed by atoms with Gasteiger partial charge in [0.15, 0.2) is 0 Å². The van der Waals surface area contributed by atoms with Gasteiger partial charge in [-0.15, -0.1) is 11.3 Å². The van der Waals surface area contributed by atoms with E-state index in [0.717, 1.165) is 4.47 Å². The molecular weight excluding hydrogens is 337 g/mol. The van der Waals surface area contributed by atoms with E-state index in [2.05, 4.69) is 52.6 Å². The maximum Gasteiger partial charge on any atom is 0.128 e. The Labute approximate surface area is 132 Å². The third-order valence-corrected chi connectivity index (χ3v) is 4.82. The normalized spacial score (nSPS) is 14.5. The molecule has 0 spiro atoms. The third kappa shape index (κ3) is 3.68. The standard InChI is InChI=1S/C16H19BrFNS/c1-10(2)16(15-5-4-8-20-15)19-11(3)13-9-12(17)6-7-14(13)18/h4-11,16,19H,1-3H3. The number of hydrogen-bond donors (Lipinski definition) is 1. The molecule has 1 nitrogen and oxygen atoms in total. The molecule has 0 bridgehead atoms. The molecule has 108 valence electrons. The number of hydrogen-bond acceptors (Lipinski definition) is 2. The van der Waals surface area contributed by atoms with Crippen molar-refractivity contribution in [2.24, 2.45) is 5.92 Å². The molecule has 1 N–H and O–H groups in total. The lowest BCUT2D eigenvalue weighted by Crippen LogP contribution is -2.28. The summed E-state index contributed by atoms with van der Waals surface area (Å²) in [4.78, 5) is 1.29. The lowest BCUT2D eigenvalue weighted by Gasteiger charge is -2.26. The van der Waals surface area contributed by atoms with Crippen LogP contribution in [0.5, 0.6) is 0 Å². The SMILES string of the molecule is CC(NC(c1cccs1)C(C)C)c1cc(Br)ccc1F. The van der Waals surface area contributed by atoms with Crippen molar-refractivity contribution in [3.63, 3.8) is 0 Å². The van der Waals surface area contributed by atoms with Gasteiger partial charge in [-0.1, -0.05) is 35.8 Å². The lowest BCUT2D eigenvalue weighted by atomic mass is 9.99. The van der Waals surface area contributed by atoms with E-state index in [9.17, 15) is 4.39 Å². The van der Waals surface area contributed by atoms with Crippen LogP contribution in [0.2, 0.25) is 0 Å². The molecule has 0 aliphatic heterocycles. The Kier molecular flexibility index (Phi) is 5.35. The van der Waals surface area contributed by atoms with Crippen LogP contribution in [0.3, 0.4) is 0 Å². The van der Waals surface area contributed by atoms with Crippen LogP contribution in [0.15, 0.2) is 40.2 Å². The highest BCUT2D eigenvalue weighted by molar-refractivity contribution is 9.10. The minimum Gasteiger partial charge on any atom is -0.302 e. The Balaban J connectivity index is 2.20. The van der Waals surface area contributed by atoms with E-state index in [-0.39, 0.29) is 17.9 Å². The van der Waals surface area contributed by atoms with Crippen LogP contribution in [0.25, 0.3) is 0 Å². The highest BCUT2D eigenvalue weighted by Gasteiger charge is 2.21. The van der Waals surface area contributed by atoms with Gasteiger partial charge in [0.05, 0.1) is 0 Å². The van der Waals surface area contributed by atoms with Gasteiger partial charge in [-0.25, -0.2) is 4.39 Å². The summed E-state index contributed by atoms with van der Waals surface area (Å²) in [5.74, 6) is 0.285. The van der Waals surface area contributed by atoms with Crippen LogP contribution in [-0.2, 0) is 0 Å². The summed E-state index contributed by atoms with van der Waals surface area (Å²) in [6.45, 7) is 6.37. The van der Waals surface area contributed by atoms with Gasteiger partial charge in [0.1, 0.15) is 5.82 Å². The Hall–Kier alpha value is -0.710. The van der Waals surface area contributed by atoms with Gasteiger partial charge in [-0.05, 0) is 42.5 Å². The maximum atomic E-state index is 14.0. The van der Waals surface area contributed by atoms with Crippen molar-refractivity contribution in [3.8, 4) is 0 Å². The van der Waals surface area contributed by atoms with Gasteiger partial charge >= 0.3 is 0 Å². The zero-order valence-corrected chi connectivity index (χ0v) is 14.3. The predicted molar refractivity (Wildman–Crippen MR) is 87.5 cm³/mol. The van der Waals surface area contributed by atoms with Crippen LogP contribution in [0.1, 0.15) is 43.3 Å². The van der Waals surface area contributed by atoms with Gasteiger partial charge in [-0.2, -0.15) is 0 Å². The zero-order chi connectivity index (χ0) is 14.7. The van der Waals surface area contributed by atoms with E-state index in [1.54, 1.807) is 17.4 Å². The molecule has 2 rings (SSSR count). The van der Waals surface area contributed by atoms with E-state index in [0.29, 0.717) is 11.5 Å². The molecule has 2 unspecified atom stereocenters. The molecule has 1 heterocycles. The van der Waals surface area contributed by atoms with Crippen LogP contribution >= 0.6 is 27.3 Å². The lowest BCUT2D eigenvalue weighted by molar-refractivity contribution is 0.373. The maximum absolute atomic E-state index is 14.0. The fraction of sp³-hybridized carbons (Fsp3) is 0.375. The molecule has 0 fully saturated rings. The first-order valence-electron chi connectivity index (χ1n) is 6.73. The van der Waals surface area contributed by atoms with Crippen molar-refractivity contribution in [1.29, 1.82) is 0 Å². The average molecular weight is 356 g/mol. The smallest absolute Gasteiger partial charge is 0.128 e. The topological polar surface area (TPSA) is 12.0 Å². The summed E-state index contributed by atoms with van der Waals surface area (Å²) in [5, 5.41) is 5.63. The Morgan fingerprint density at radius 1 is 1.20 bits per heavy atom. The van der Waals surface area contributed by atoms with Crippen molar-refractivity contribution in [2.45, 2.75) is 32.9 Å². The van der Waals surface area contributed by atoms with Gasteiger partial charge < -0.3 is 5.32 Å². The molecular formula is C16H19BrFNS. The van der Waals surface area contributed by atoms with Crippen molar-refractivity contribution < 1.29 is 4.39 Å². The number of thiophene rings is 1. The first-order chi connectivity index (χ1) is 9.49. The highest BCUT2D eigenvalue weighted by atomic mass is 79.9. The molecule has 1 aromatic heterocycles. The average Bonchev–Trinajstić information content (AvgIpc) is 2.91. The van der Waals surface area contributed by atoms with Gasteiger partial charge in [0.25, 0.3) is 0 Å². The van der Waals surface area contributed by atoms with Gasteiger partial charge in [0, 0.05) is 27.0 Å². The van der Waals surface area contributed by atoms with E-state index in [4.69, 9.17) is 0 Å². The number of rotatable bonds is 5.